The van der Waals surface area contributed by atoms with Gasteiger partial charge in [0.05, 0.1) is 7.11 Å². The fourth-order valence-corrected chi connectivity index (χ4v) is 3.11. The number of ether oxygens (including phenoxy) is 1. The highest BCUT2D eigenvalue weighted by atomic mass is 19.1. The van der Waals surface area contributed by atoms with Gasteiger partial charge < -0.3 is 10.1 Å². The summed E-state index contributed by atoms with van der Waals surface area (Å²) >= 11 is 0. The standard InChI is InChI=1S/C16H24FNO/c1-3-18-16(12-7-5-4-6-8-12)13-9-10-14(17)15(11-13)19-2/h9-12,16,18H,3-8H2,1-2H3. The Morgan fingerprint density at radius 3 is 2.68 bits per heavy atom. The third kappa shape index (κ3) is 3.47. The zero-order chi connectivity index (χ0) is 13.7. The molecule has 1 N–H and O–H groups in total. The molecule has 0 heterocycles. The molecule has 1 unspecified atom stereocenters. The largest absolute Gasteiger partial charge is 0.494 e. The number of rotatable bonds is 5. The molecule has 0 aliphatic heterocycles. The lowest BCUT2D eigenvalue weighted by molar-refractivity contribution is 0.273. The van der Waals surface area contributed by atoms with Crippen LogP contribution in [0, 0.1) is 11.7 Å². The molecule has 1 atom stereocenters. The van der Waals surface area contributed by atoms with Gasteiger partial charge in [-0.15, -0.1) is 0 Å². The monoisotopic (exact) mass is 265 g/mol. The molecule has 19 heavy (non-hydrogen) atoms. The Morgan fingerprint density at radius 2 is 2.05 bits per heavy atom. The van der Waals surface area contributed by atoms with Crippen LogP contribution in [-0.2, 0) is 0 Å². The quantitative estimate of drug-likeness (QED) is 0.866. The Hall–Kier alpha value is -1.09. The third-order valence-corrected chi connectivity index (χ3v) is 4.08. The van der Waals surface area contributed by atoms with Crippen molar-refractivity contribution in [1.29, 1.82) is 0 Å². The van der Waals surface area contributed by atoms with E-state index in [0.717, 1.165) is 12.1 Å². The molecule has 1 aromatic rings. The van der Waals surface area contributed by atoms with Crippen LogP contribution in [0.5, 0.6) is 5.75 Å². The number of hydrogen-bond acceptors (Lipinski definition) is 2. The second-order valence-corrected chi connectivity index (χ2v) is 5.33. The van der Waals surface area contributed by atoms with Crippen molar-refractivity contribution >= 4 is 0 Å². The van der Waals surface area contributed by atoms with Gasteiger partial charge in [0.25, 0.3) is 0 Å². The van der Waals surface area contributed by atoms with Crippen LogP contribution in [0.4, 0.5) is 4.39 Å². The first-order chi connectivity index (χ1) is 9.26. The normalized spacial score (nSPS) is 18.3. The summed E-state index contributed by atoms with van der Waals surface area (Å²) in [5, 5.41) is 3.56. The molecule has 2 rings (SSSR count). The van der Waals surface area contributed by atoms with Crippen molar-refractivity contribution in [3.63, 3.8) is 0 Å². The molecule has 0 spiro atoms. The Bertz CT molecular complexity index is 402. The van der Waals surface area contributed by atoms with Crippen molar-refractivity contribution in [2.45, 2.75) is 45.1 Å². The SMILES string of the molecule is CCNC(c1ccc(F)c(OC)c1)C1CCCCC1. The van der Waals surface area contributed by atoms with E-state index in [4.69, 9.17) is 4.74 Å². The molecule has 1 fully saturated rings. The summed E-state index contributed by atoms with van der Waals surface area (Å²) in [5.74, 6) is 0.713. The second-order valence-electron chi connectivity index (χ2n) is 5.33. The van der Waals surface area contributed by atoms with Gasteiger partial charge >= 0.3 is 0 Å². The van der Waals surface area contributed by atoms with Gasteiger partial charge in [-0.05, 0) is 43.0 Å². The van der Waals surface area contributed by atoms with Crippen LogP contribution >= 0.6 is 0 Å². The minimum atomic E-state index is -0.287. The lowest BCUT2D eigenvalue weighted by Gasteiger charge is -2.31. The summed E-state index contributed by atoms with van der Waals surface area (Å²) in [6.07, 6.45) is 6.49. The minimum absolute atomic E-state index is 0.287. The Balaban J connectivity index is 2.22. The molecular weight excluding hydrogens is 241 g/mol. The average Bonchev–Trinajstić information content (AvgIpc) is 2.46. The van der Waals surface area contributed by atoms with Crippen LogP contribution in [0.1, 0.15) is 50.6 Å². The fourth-order valence-electron chi connectivity index (χ4n) is 3.11. The molecule has 1 saturated carbocycles. The lowest BCUT2D eigenvalue weighted by atomic mass is 9.81. The number of hydrogen-bond donors (Lipinski definition) is 1. The topological polar surface area (TPSA) is 21.3 Å². The molecule has 1 aliphatic carbocycles. The van der Waals surface area contributed by atoms with E-state index < -0.39 is 0 Å². The highest BCUT2D eigenvalue weighted by Gasteiger charge is 2.25. The van der Waals surface area contributed by atoms with Crippen molar-refractivity contribution in [1.82, 2.24) is 5.32 Å². The summed E-state index contributed by atoms with van der Waals surface area (Å²) in [6.45, 7) is 3.05. The van der Waals surface area contributed by atoms with Crippen molar-refractivity contribution in [2.24, 2.45) is 5.92 Å². The Kier molecular flexibility index (Phi) is 5.20. The number of benzene rings is 1. The molecule has 0 radical (unpaired) electrons. The van der Waals surface area contributed by atoms with Crippen molar-refractivity contribution in [2.75, 3.05) is 13.7 Å². The molecule has 3 heteroatoms. The van der Waals surface area contributed by atoms with E-state index in [-0.39, 0.29) is 5.82 Å². The highest BCUT2D eigenvalue weighted by molar-refractivity contribution is 5.32. The van der Waals surface area contributed by atoms with E-state index in [1.165, 1.54) is 45.3 Å². The van der Waals surface area contributed by atoms with Gasteiger partial charge in [0, 0.05) is 6.04 Å². The molecule has 1 aromatic carbocycles. The average molecular weight is 265 g/mol. The van der Waals surface area contributed by atoms with Crippen LogP contribution in [0.15, 0.2) is 18.2 Å². The summed E-state index contributed by atoms with van der Waals surface area (Å²) < 4.78 is 18.6. The van der Waals surface area contributed by atoms with Gasteiger partial charge in [0.1, 0.15) is 0 Å². The van der Waals surface area contributed by atoms with E-state index in [1.807, 2.05) is 12.1 Å². The van der Waals surface area contributed by atoms with Gasteiger partial charge in [0.2, 0.25) is 0 Å². The van der Waals surface area contributed by atoms with Gasteiger partial charge in [-0.2, -0.15) is 0 Å². The van der Waals surface area contributed by atoms with E-state index >= 15 is 0 Å². The number of halogens is 1. The van der Waals surface area contributed by atoms with Gasteiger partial charge in [0.15, 0.2) is 11.6 Å². The fraction of sp³-hybridized carbons (Fsp3) is 0.625. The number of nitrogens with one attached hydrogen (secondary N) is 1. The summed E-state index contributed by atoms with van der Waals surface area (Å²) in [4.78, 5) is 0. The maximum atomic E-state index is 13.5. The summed E-state index contributed by atoms with van der Waals surface area (Å²) in [6, 6.07) is 5.57. The van der Waals surface area contributed by atoms with Gasteiger partial charge in [-0.1, -0.05) is 32.3 Å². The Morgan fingerprint density at radius 1 is 1.32 bits per heavy atom. The van der Waals surface area contributed by atoms with Crippen LogP contribution in [0.3, 0.4) is 0 Å². The van der Waals surface area contributed by atoms with Crippen LogP contribution < -0.4 is 10.1 Å². The predicted molar refractivity (Wildman–Crippen MR) is 75.9 cm³/mol. The maximum Gasteiger partial charge on any atom is 0.165 e. The van der Waals surface area contributed by atoms with Gasteiger partial charge in [-0.3, -0.25) is 0 Å². The van der Waals surface area contributed by atoms with E-state index in [0.29, 0.717) is 17.7 Å². The first kappa shape index (κ1) is 14.3. The van der Waals surface area contributed by atoms with Crippen molar-refractivity contribution < 1.29 is 9.13 Å². The zero-order valence-corrected chi connectivity index (χ0v) is 11.9. The molecular formula is C16H24FNO. The predicted octanol–water partition coefficient (Wildman–Crippen LogP) is 4.07. The third-order valence-electron chi connectivity index (χ3n) is 4.08. The van der Waals surface area contributed by atoms with Gasteiger partial charge in [-0.25, -0.2) is 4.39 Å². The zero-order valence-electron chi connectivity index (χ0n) is 11.9. The van der Waals surface area contributed by atoms with E-state index in [1.54, 1.807) is 0 Å². The first-order valence-corrected chi connectivity index (χ1v) is 7.33. The molecule has 1 aliphatic rings. The van der Waals surface area contributed by atoms with E-state index in [9.17, 15) is 4.39 Å². The molecule has 2 nitrogen and oxygen atoms in total. The first-order valence-electron chi connectivity index (χ1n) is 7.33. The smallest absolute Gasteiger partial charge is 0.165 e. The number of methoxy groups -OCH3 is 1. The molecule has 0 aromatic heterocycles. The van der Waals surface area contributed by atoms with Crippen LogP contribution in [-0.4, -0.2) is 13.7 Å². The van der Waals surface area contributed by atoms with Crippen LogP contribution in [0.25, 0.3) is 0 Å². The van der Waals surface area contributed by atoms with Crippen LogP contribution in [0.2, 0.25) is 0 Å². The van der Waals surface area contributed by atoms with Crippen molar-refractivity contribution in [3.8, 4) is 5.75 Å². The van der Waals surface area contributed by atoms with E-state index in [2.05, 4.69) is 12.2 Å². The summed E-state index contributed by atoms with van der Waals surface area (Å²) in [5.41, 5.74) is 1.15. The minimum Gasteiger partial charge on any atom is -0.494 e. The molecule has 0 bridgehead atoms. The lowest BCUT2D eigenvalue weighted by Crippen LogP contribution is -2.29. The second kappa shape index (κ2) is 6.90. The molecule has 0 saturated heterocycles. The molecule has 106 valence electrons. The molecule has 0 amide bonds. The maximum absolute atomic E-state index is 13.5. The Labute approximate surface area is 115 Å². The highest BCUT2D eigenvalue weighted by Crippen LogP contribution is 2.35. The van der Waals surface area contributed by atoms with Crippen molar-refractivity contribution in [3.05, 3.63) is 29.6 Å². The summed E-state index contributed by atoms with van der Waals surface area (Å²) in [7, 11) is 1.52.